The smallest absolute Gasteiger partial charge is 0.216 e. The van der Waals surface area contributed by atoms with Crippen LogP contribution in [0.15, 0.2) is 24.3 Å². The first-order valence-electron chi connectivity index (χ1n) is 8.59. The number of nitrogens with zero attached hydrogens (tertiary/aromatic N) is 2. The van der Waals surface area contributed by atoms with E-state index in [1.807, 2.05) is 18.2 Å². The Labute approximate surface area is 145 Å². The van der Waals surface area contributed by atoms with Crippen molar-refractivity contribution in [1.29, 1.82) is 5.26 Å². The van der Waals surface area contributed by atoms with Crippen molar-refractivity contribution in [1.82, 2.24) is 9.62 Å². The van der Waals surface area contributed by atoms with Gasteiger partial charge in [0.2, 0.25) is 10.0 Å². The van der Waals surface area contributed by atoms with Crippen LogP contribution in [0.5, 0.6) is 0 Å². The van der Waals surface area contributed by atoms with Crippen molar-refractivity contribution in [3.8, 4) is 6.07 Å². The molecule has 1 fully saturated rings. The molecule has 1 heterocycles. The van der Waals surface area contributed by atoms with E-state index in [1.165, 1.54) is 0 Å². The minimum atomic E-state index is -3.17. The summed E-state index contributed by atoms with van der Waals surface area (Å²) >= 11 is 0. The normalized spacial score (nSPS) is 22.5. The maximum atomic E-state index is 12.4. The molecule has 24 heavy (non-hydrogen) atoms. The summed E-state index contributed by atoms with van der Waals surface area (Å²) in [4.78, 5) is 0. The largest absolute Gasteiger partial charge is 0.310 e. The van der Waals surface area contributed by atoms with Crippen LogP contribution in [-0.4, -0.2) is 37.1 Å². The Morgan fingerprint density at radius 3 is 2.79 bits per heavy atom. The van der Waals surface area contributed by atoms with Gasteiger partial charge in [0.15, 0.2) is 0 Å². The molecular formula is C18H27N3O2S. The lowest BCUT2D eigenvalue weighted by Crippen LogP contribution is -2.51. The van der Waals surface area contributed by atoms with Gasteiger partial charge in [0.05, 0.1) is 16.9 Å². The Morgan fingerprint density at radius 2 is 2.17 bits per heavy atom. The zero-order valence-electron chi connectivity index (χ0n) is 14.7. The number of piperidine rings is 1. The summed E-state index contributed by atoms with van der Waals surface area (Å²) in [6.07, 6.45) is 1.77. The lowest BCUT2D eigenvalue weighted by atomic mass is 9.91. The molecule has 5 nitrogen and oxygen atoms in total. The minimum absolute atomic E-state index is 0.305. The second kappa shape index (κ2) is 8.11. The Balaban J connectivity index is 1.99. The minimum Gasteiger partial charge on any atom is -0.310 e. The third-order valence-corrected chi connectivity index (χ3v) is 7.04. The number of rotatable bonds is 6. The molecule has 0 saturated carbocycles. The average Bonchev–Trinajstić information content (AvgIpc) is 2.59. The molecule has 1 saturated heterocycles. The molecule has 0 amide bonds. The van der Waals surface area contributed by atoms with Gasteiger partial charge in [0.25, 0.3) is 0 Å². The Hall–Kier alpha value is -1.42. The van der Waals surface area contributed by atoms with Crippen molar-refractivity contribution in [2.75, 3.05) is 13.1 Å². The molecule has 2 atom stereocenters. The molecule has 2 unspecified atom stereocenters. The fraction of sp³-hybridized carbons (Fsp3) is 0.611. The van der Waals surface area contributed by atoms with Crippen LogP contribution in [0.3, 0.4) is 0 Å². The number of hydrogen-bond donors (Lipinski definition) is 1. The summed E-state index contributed by atoms with van der Waals surface area (Å²) in [5, 5.41) is 12.2. The zero-order chi connectivity index (χ0) is 17.7. The van der Waals surface area contributed by atoms with Gasteiger partial charge in [-0.15, -0.1) is 0 Å². The maximum Gasteiger partial charge on any atom is 0.216 e. The molecule has 132 valence electrons. The molecule has 0 spiro atoms. The highest BCUT2D eigenvalue weighted by Crippen LogP contribution is 2.24. The fourth-order valence-corrected chi connectivity index (χ4v) is 4.57. The monoisotopic (exact) mass is 349 g/mol. The highest BCUT2D eigenvalue weighted by atomic mass is 32.2. The Bertz CT molecular complexity index is 694. The van der Waals surface area contributed by atoms with Gasteiger partial charge in [-0.3, -0.25) is 0 Å². The van der Waals surface area contributed by atoms with E-state index in [-0.39, 0.29) is 5.25 Å². The molecule has 1 aliphatic heterocycles. The molecule has 1 N–H and O–H groups in total. The van der Waals surface area contributed by atoms with E-state index in [1.54, 1.807) is 24.2 Å². The van der Waals surface area contributed by atoms with Crippen molar-refractivity contribution in [3.63, 3.8) is 0 Å². The second-order valence-electron chi connectivity index (χ2n) is 6.71. The molecular weight excluding hydrogens is 322 g/mol. The Kier molecular flexibility index (Phi) is 6.39. The third kappa shape index (κ3) is 4.35. The molecule has 2 rings (SSSR count). The van der Waals surface area contributed by atoms with E-state index >= 15 is 0 Å². The van der Waals surface area contributed by atoms with Gasteiger partial charge in [0, 0.05) is 25.7 Å². The third-order valence-electron chi connectivity index (χ3n) is 4.80. The van der Waals surface area contributed by atoms with Crippen LogP contribution in [0.25, 0.3) is 0 Å². The lowest BCUT2D eigenvalue weighted by Gasteiger charge is -2.38. The number of nitriles is 1. The summed E-state index contributed by atoms with van der Waals surface area (Å²) < 4.78 is 26.4. The van der Waals surface area contributed by atoms with Gasteiger partial charge < -0.3 is 5.32 Å². The molecule has 1 aromatic rings. The van der Waals surface area contributed by atoms with Crippen LogP contribution >= 0.6 is 0 Å². The highest BCUT2D eigenvalue weighted by Gasteiger charge is 2.34. The van der Waals surface area contributed by atoms with Crippen LogP contribution < -0.4 is 5.32 Å². The fourth-order valence-electron chi connectivity index (χ4n) is 3.21. The Morgan fingerprint density at radius 1 is 1.42 bits per heavy atom. The lowest BCUT2D eigenvalue weighted by molar-refractivity contribution is 0.200. The first-order chi connectivity index (χ1) is 11.4. The standard InChI is InChI=1S/C18H27N3O2S/c1-4-17-13-21(24(22,23)14(2)3)9-8-18(17)20-12-16-7-5-6-15(10-16)11-19/h5-7,10,14,17-18,20H,4,8-9,12-13H2,1-3H3. The molecule has 1 aliphatic rings. The molecule has 6 heteroatoms. The number of sulfonamides is 1. The van der Waals surface area contributed by atoms with E-state index in [2.05, 4.69) is 18.3 Å². The number of hydrogen-bond acceptors (Lipinski definition) is 4. The predicted molar refractivity (Wildman–Crippen MR) is 95.8 cm³/mol. The number of benzene rings is 1. The van der Waals surface area contributed by atoms with Crippen LogP contribution in [0, 0.1) is 17.2 Å². The topological polar surface area (TPSA) is 73.2 Å². The van der Waals surface area contributed by atoms with Crippen LogP contribution in [0.1, 0.15) is 44.7 Å². The maximum absolute atomic E-state index is 12.4. The summed E-state index contributed by atoms with van der Waals surface area (Å²) in [6.45, 7) is 7.46. The molecule has 0 aromatic heterocycles. The predicted octanol–water partition coefficient (Wildman–Crippen LogP) is 2.49. The summed E-state index contributed by atoms with van der Waals surface area (Å²) in [5.41, 5.74) is 1.75. The average molecular weight is 350 g/mol. The van der Waals surface area contributed by atoms with Crippen LogP contribution in [-0.2, 0) is 16.6 Å². The van der Waals surface area contributed by atoms with Crippen molar-refractivity contribution in [3.05, 3.63) is 35.4 Å². The van der Waals surface area contributed by atoms with Gasteiger partial charge in [-0.05, 0) is 43.9 Å². The van der Waals surface area contributed by atoms with Crippen molar-refractivity contribution >= 4 is 10.0 Å². The molecule has 0 radical (unpaired) electrons. The molecule has 0 bridgehead atoms. The van der Waals surface area contributed by atoms with E-state index in [0.717, 1.165) is 18.4 Å². The van der Waals surface area contributed by atoms with Crippen molar-refractivity contribution < 1.29 is 8.42 Å². The van der Waals surface area contributed by atoms with Gasteiger partial charge >= 0.3 is 0 Å². The summed E-state index contributed by atoms with van der Waals surface area (Å²) in [5.74, 6) is 0.312. The van der Waals surface area contributed by atoms with Crippen LogP contribution in [0.2, 0.25) is 0 Å². The summed E-state index contributed by atoms with van der Waals surface area (Å²) in [6, 6.07) is 10.1. The van der Waals surface area contributed by atoms with Gasteiger partial charge in [-0.2, -0.15) is 5.26 Å². The highest BCUT2D eigenvalue weighted by molar-refractivity contribution is 7.89. The van der Waals surface area contributed by atoms with Crippen molar-refractivity contribution in [2.24, 2.45) is 5.92 Å². The summed E-state index contributed by atoms with van der Waals surface area (Å²) in [7, 11) is -3.17. The molecule has 1 aromatic carbocycles. The first kappa shape index (κ1) is 18.9. The van der Waals surface area contributed by atoms with E-state index in [9.17, 15) is 8.42 Å². The van der Waals surface area contributed by atoms with E-state index in [4.69, 9.17) is 5.26 Å². The first-order valence-corrected chi connectivity index (χ1v) is 10.1. The van der Waals surface area contributed by atoms with Gasteiger partial charge in [-0.1, -0.05) is 25.5 Å². The SMILES string of the molecule is CCC1CN(S(=O)(=O)C(C)C)CCC1NCc1cccc(C#N)c1. The second-order valence-corrected chi connectivity index (χ2v) is 9.20. The molecule has 0 aliphatic carbocycles. The van der Waals surface area contributed by atoms with Gasteiger partial charge in [0.1, 0.15) is 0 Å². The van der Waals surface area contributed by atoms with Crippen LogP contribution in [0.4, 0.5) is 0 Å². The van der Waals surface area contributed by atoms with Gasteiger partial charge in [-0.25, -0.2) is 12.7 Å². The zero-order valence-corrected chi connectivity index (χ0v) is 15.5. The van der Waals surface area contributed by atoms with E-state index < -0.39 is 10.0 Å². The quantitative estimate of drug-likeness (QED) is 0.856. The van der Waals surface area contributed by atoms with Crippen molar-refractivity contribution in [2.45, 2.75) is 51.4 Å². The number of nitrogens with one attached hydrogen (secondary N) is 1. The van der Waals surface area contributed by atoms with E-state index in [0.29, 0.717) is 37.2 Å².